The molecule has 3 heterocycles. The van der Waals surface area contributed by atoms with Crippen LogP contribution in [0.4, 0.5) is 0 Å². The summed E-state index contributed by atoms with van der Waals surface area (Å²) < 4.78 is 0. The van der Waals surface area contributed by atoms with Crippen molar-refractivity contribution in [3.8, 4) is 0 Å². The highest BCUT2D eigenvalue weighted by molar-refractivity contribution is 5.79. The third kappa shape index (κ3) is 2.73. The Kier molecular flexibility index (Phi) is 4.05. The molecule has 20 heavy (non-hydrogen) atoms. The smallest absolute Gasteiger partial charge is 0.237 e. The summed E-state index contributed by atoms with van der Waals surface area (Å²) in [5, 5.41) is 7.22. The molecule has 2 saturated heterocycles. The number of piperidine rings is 1. The van der Waals surface area contributed by atoms with Crippen molar-refractivity contribution >= 4 is 5.91 Å². The van der Waals surface area contributed by atoms with Crippen molar-refractivity contribution in [1.29, 1.82) is 0 Å². The van der Waals surface area contributed by atoms with Gasteiger partial charge in [-0.3, -0.25) is 14.8 Å². The molecule has 110 valence electrons. The summed E-state index contributed by atoms with van der Waals surface area (Å²) in [5.74, 6) is 0.283. The van der Waals surface area contributed by atoms with E-state index in [9.17, 15) is 4.79 Å². The van der Waals surface area contributed by atoms with Gasteiger partial charge in [0, 0.05) is 6.54 Å². The zero-order chi connectivity index (χ0) is 13.9. The number of likely N-dealkylation sites (tertiary alicyclic amines) is 2. The molecule has 1 N–H and O–H groups in total. The fourth-order valence-electron chi connectivity index (χ4n) is 3.45. The first-order valence-electron chi connectivity index (χ1n) is 7.77. The number of aromatic nitrogens is 2. The minimum absolute atomic E-state index is 0.196. The van der Waals surface area contributed by atoms with Gasteiger partial charge in [-0.15, -0.1) is 0 Å². The fraction of sp³-hybridized carbons (Fsp3) is 0.733. The Morgan fingerprint density at radius 2 is 2.05 bits per heavy atom. The van der Waals surface area contributed by atoms with Gasteiger partial charge in [-0.25, -0.2) is 0 Å². The van der Waals surface area contributed by atoms with Crippen molar-refractivity contribution < 1.29 is 4.79 Å². The van der Waals surface area contributed by atoms with Gasteiger partial charge in [0.1, 0.15) is 0 Å². The van der Waals surface area contributed by atoms with Crippen LogP contribution in [0.3, 0.4) is 0 Å². The first-order chi connectivity index (χ1) is 9.75. The first-order valence-corrected chi connectivity index (χ1v) is 7.77. The van der Waals surface area contributed by atoms with Crippen LogP contribution in [0.25, 0.3) is 0 Å². The summed E-state index contributed by atoms with van der Waals surface area (Å²) in [7, 11) is 0. The maximum atomic E-state index is 12.6. The number of carbonyl (C=O) groups excluding carboxylic acids is 1. The van der Waals surface area contributed by atoms with Crippen LogP contribution in [-0.4, -0.2) is 52.1 Å². The lowest BCUT2D eigenvalue weighted by atomic mass is 9.97. The summed E-state index contributed by atoms with van der Waals surface area (Å²) in [4.78, 5) is 17.0. The maximum Gasteiger partial charge on any atom is 0.237 e. The lowest BCUT2D eigenvalue weighted by Crippen LogP contribution is -2.44. The molecule has 0 spiro atoms. The number of aryl methyl sites for hydroxylation is 1. The monoisotopic (exact) mass is 276 g/mol. The van der Waals surface area contributed by atoms with Gasteiger partial charge in [0.05, 0.1) is 24.5 Å². The Morgan fingerprint density at radius 3 is 2.75 bits per heavy atom. The Bertz CT molecular complexity index is 464. The molecule has 2 fully saturated rings. The Hall–Kier alpha value is -1.36. The SMILES string of the molecule is Cc1cn[nH]c1C1CCCCN1C(=O)CN1CCCC1. The van der Waals surface area contributed by atoms with E-state index in [4.69, 9.17) is 0 Å². The second-order valence-electron chi connectivity index (χ2n) is 6.05. The zero-order valence-electron chi connectivity index (χ0n) is 12.3. The van der Waals surface area contributed by atoms with Gasteiger partial charge in [-0.05, 0) is 57.7 Å². The van der Waals surface area contributed by atoms with Crippen LogP contribution < -0.4 is 0 Å². The van der Waals surface area contributed by atoms with Crippen LogP contribution in [0.5, 0.6) is 0 Å². The molecule has 3 rings (SSSR count). The summed E-state index contributed by atoms with van der Waals surface area (Å²) >= 11 is 0. The van der Waals surface area contributed by atoms with Gasteiger partial charge in [0.25, 0.3) is 0 Å². The van der Waals surface area contributed by atoms with E-state index in [-0.39, 0.29) is 11.9 Å². The first kappa shape index (κ1) is 13.6. The highest BCUT2D eigenvalue weighted by Crippen LogP contribution is 2.31. The molecule has 2 aliphatic rings. The Labute approximate surface area is 120 Å². The molecule has 0 bridgehead atoms. The molecule has 0 aromatic carbocycles. The summed E-state index contributed by atoms with van der Waals surface area (Å²) in [5.41, 5.74) is 2.29. The van der Waals surface area contributed by atoms with Crippen LogP contribution in [0.1, 0.15) is 49.4 Å². The average molecular weight is 276 g/mol. The normalized spacial score (nSPS) is 24.2. The maximum absolute atomic E-state index is 12.6. The van der Waals surface area contributed by atoms with E-state index in [1.807, 2.05) is 6.20 Å². The highest BCUT2D eigenvalue weighted by atomic mass is 16.2. The second kappa shape index (κ2) is 5.95. The van der Waals surface area contributed by atoms with Gasteiger partial charge >= 0.3 is 0 Å². The molecule has 5 heteroatoms. The number of carbonyl (C=O) groups is 1. The van der Waals surface area contributed by atoms with Gasteiger partial charge in [0.2, 0.25) is 5.91 Å². The van der Waals surface area contributed by atoms with E-state index in [1.54, 1.807) is 0 Å². The average Bonchev–Trinajstić information content (AvgIpc) is 3.10. The van der Waals surface area contributed by atoms with E-state index in [0.717, 1.165) is 43.7 Å². The Balaban J connectivity index is 1.71. The highest BCUT2D eigenvalue weighted by Gasteiger charge is 2.31. The molecule has 1 amide bonds. The number of hydrogen-bond donors (Lipinski definition) is 1. The van der Waals surface area contributed by atoms with Gasteiger partial charge in [-0.2, -0.15) is 5.10 Å². The van der Waals surface area contributed by atoms with E-state index in [2.05, 4.69) is 26.9 Å². The van der Waals surface area contributed by atoms with Crippen molar-refractivity contribution in [3.05, 3.63) is 17.5 Å². The van der Waals surface area contributed by atoms with Gasteiger partial charge in [-0.1, -0.05) is 0 Å². The molecule has 1 atom stereocenters. The summed E-state index contributed by atoms with van der Waals surface area (Å²) in [6.45, 7) is 5.69. The predicted molar refractivity (Wildman–Crippen MR) is 77.3 cm³/mol. The number of aromatic amines is 1. The molecular formula is C15H24N4O. The van der Waals surface area contributed by atoms with Crippen LogP contribution in [0, 0.1) is 6.92 Å². The molecule has 0 radical (unpaired) electrons. The number of rotatable bonds is 3. The molecule has 0 aliphatic carbocycles. The molecular weight excluding hydrogens is 252 g/mol. The quantitative estimate of drug-likeness (QED) is 0.917. The van der Waals surface area contributed by atoms with Crippen molar-refractivity contribution in [3.63, 3.8) is 0 Å². The summed E-state index contributed by atoms with van der Waals surface area (Å²) in [6, 6.07) is 0.196. The fourth-order valence-corrected chi connectivity index (χ4v) is 3.45. The van der Waals surface area contributed by atoms with E-state index in [1.165, 1.54) is 19.3 Å². The van der Waals surface area contributed by atoms with Crippen LogP contribution in [-0.2, 0) is 4.79 Å². The third-order valence-corrected chi connectivity index (χ3v) is 4.58. The van der Waals surface area contributed by atoms with Crippen LogP contribution in [0.2, 0.25) is 0 Å². The topological polar surface area (TPSA) is 52.2 Å². The Morgan fingerprint density at radius 1 is 1.30 bits per heavy atom. The molecule has 2 aliphatic heterocycles. The van der Waals surface area contributed by atoms with Crippen molar-refractivity contribution in [2.24, 2.45) is 0 Å². The molecule has 1 aromatic rings. The molecule has 0 saturated carbocycles. The third-order valence-electron chi connectivity index (χ3n) is 4.58. The van der Waals surface area contributed by atoms with Crippen LogP contribution in [0.15, 0.2) is 6.20 Å². The summed E-state index contributed by atoms with van der Waals surface area (Å²) in [6.07, 6.45) is 7.68. The lowest BCUT2D eigenvalue weighted by Gasteiger charge is -2.36. The van der Waals surface area contributed by atoms with Crippen molar-refractivity contribution in [1.82, 2.24) is 20.0 Å². The number of H-pyrrole nitrogens is 1. The van der Waals surface area contributed by atoms with Crippen LogP contribution >= 0.6 is 0 Å². The van der Waals surface area contributed by atoms with E-state index >= 15 is 0 Å². The molecule has 1 unspecified atom stereocenters. The van der Waals surface area contributed by atoms with Gasteiger partial charge < -0.3 is 4.90 Å². The van der Waals surface area contributed by atoms with Crippen molar-refractivity contribution in [2.75, 3.05) is 26.2 Å². The number of amides is 1. The minimum Gasteiger partial charge on any atom is -0.333 e. The number of nitrogens with zero attached hydrogens (tertiary/aromatic N) is 3. The number of hydrogen-bond acceptors (Lipinski definition) is 3. The number of nitrogens with one attached hydrogen (secondary N) is 1. The molecule has 1 aromatic heterocycles. The van der Waals surface area contributed by atoms with Crippen molar-refractivity contribution in [2.45, 2.75) is 45.1 Å². The standard InChI is InChI=1S/C15H24N4O/c1-12-10-16-17-15(12)13-6-2-3-9-19(13)14(20)11-18-7-4-5-8-18/h10,13H,2-9,11H2,1H3,(H,16,17). The predicted octanol–water partition coefficient (Wildman–Crippen LogP) is 1.87. The van der Waals surface area contributed by atoms with Gasteiger partial charge in [0.15, 0.2) is 0 Å². The zero-order valence-corrected chi connectivity index (χ0v) is 12.3. The second-order valence-corrected chi connectivity index (χ2v) is 6.05. The largest absolute Gasteiger partial charge is 0.333 e. The van der Waals surface area contributed by atoms with E-state index < -0.39 is 0 Å². The molecule has 5 nitrogen and oxygen atoms in total. The lowest BCUT2D eigenvalue weighted by molar-refractivity contribution is -0.136. The minimum atomic E-state index is 0.196. The van der Waals surface area contributed by atoms with E-state index in [0.29, 0.717) is 6.54 Å².